The average Bonchev–Trinajstić information content (AvgIpc) is 3.34. The average molecular weight is 396 g/mol. The van der Waals surface area contributed by atoms with E-state index in [-0.39, 0.29) is 24.9 Å². The number of nitrogens with zero attached hydrogens (tertiary/aromatic N) is 3. The van der Waals surface area contributed by atoms with Crippen LogP contribution in [-0.4, -0.2) is 38.9 Å². The summed E-state index contributed by atoms with van der Waals surface area (Å²) in [5, 5.41) is 16.4. The Morgan fingerprint density at radius 2 is 2.14 bits per heavy atom. The van der Waals surface area contributed by atoms with E-state index in [9.17, 15) is 14.4 Å². The molecule has 0 radical (unpaired) electrons. The van der Waals surface area contributed by atoms with Crippen molar-refractivity contribution in [3.8, 4) is 0 Å². The molecule has 0 bridgehead atoms. The summed E-state index contributed by atoms with van der Waals surface area (Å²) >= 11 is 0. The van der Waals surface area contributed by atoms with Gasteiger partial charge in [0.05, 0.1) is 11.7 Å². The molecular weight excluding hydrogens is 376 g/mol. The third kappa shape index (κ3) is 3.82. The Kier molecular flexibility index (Phi) is 4.75. The molecule has 1 saturated heterocycles. The number of urea groups is 1. The van der Waals surface area contributed by atoms with Gasteiger partial charge in [-0.2, -0.15) is 0 Å². The molecule has 29 heavy (non-hydrogen) atoms. The van der Waals surface area contributed by atoms with E-state index < -0.39 is 18.0 Å². The van der Waals surface area contributed by atoms with Gasteiger partial charge in [-0.25, -0.2) is 9.48 Å². The first-order valence-electron chi connectivity index (χ1n) is 9.18. The Balaban J connectivity index is 1.37. The molecular formula is C19H20N6O4. The standard InChI is InChI=1S/C19H20N6O4/c1-10-13-5-3-4-6-15(13)29-17(10)11(2)20-16(26)9-25-8-12(23-24-25)7-14-18(27)22-19(28)21-14/h3-6,8,11,14H,7,9H2,1-2H3,(H,20,26)(H2,21,22,27,28). The number of imide groups is 1. The van der Waals surface area contributed by atoms with Crippen LogP contribution in [0.2, 0.25) is 0 Å². The van der Waals surface area contributed by atoms with Crippen molar-refractivity contribution in [3.63, 3.8) is 0 Å². The topological polar surface area (TPSA) is 131 Å². The molecule has 3 aromatic rings. The van der Waals surface area contributed by atoms with E-state index in [1.807, 2.05) is 38.1 Å². The number of carbonyl (C=O) groups excluding carboxylic acids is 3. The van der Waals surface area contributed by atoms with Crippen molar-refractivity contribution in [2.45, 2.75) is 38.9 Å². The Morgan fingerprint density at radius 3 is 2.86 bits per heavy atom. The number of aryl methyl sites for hydroxylation is 1. The van der Waals surface area contributed by atoms with Crippen molar-refractivity contribution in [3.05, 3.63) is 47.5 Å². The van der Waals surface area contributed by atoms with Crippen molar-refractivity contribution >= 4 is 28.8 Å². The highest BCUT2D eigenvalue weighted by Crippen LogP contribution is 2.29. The zero-order chi connectivity index (χ0) is 20.5. The Bertz CT molecular complexity index is 1100. The van der Waals surface area contributed by atoms with Crippen LogP contribution < -0.4 is 16.0 Å². The molecule has 4 rings (SSSR count). The number of benzene rings is 1. The van der Waals surface area contributed by atoms with Gasteiger partial charge in [0.15, 0.2) is 0 Å². The smallest absolute Gasteiger partial charge is 0.322 e. The lowest BCUT2D eigenvalue weighted by Gasteiger charge is -2.12. The van der Waals surface area contributed by atoms with Crippen LogP contribution in [0, 0.1) is 6.92 Å². The van der Waals surface area contributed by atoms with Crippen LogP contribution in [0.1, 0.15) is 30.0 Å². The van der Waals surface area contributed by atoms with E-state index in [4.69, 9.17) is 4.42 Å². The maximum Gasteiger partial charge on any atom is 0.322 e. The number of hydrogen-bond donors (Lipinski definition) is 3. The van der Waals surface area contributed by atoms with Crippen LogP contribution in [0.15, 0.2) is 34.9 Å². The molecule has 3 N–H and O–H groups in total. The van der Waals surface area contributed by atoms with Gasteiger partial charge in [0.2, 0.25) is 5.91 Å². The van der Waals surface area contributed by atoms with E-state index >= 15 is 0 Å². The maximum absolute atomic E-state index is 12.4. The van der Waals surface area contributed by atoms with Crippen LogP contribution >= 0.6 is 0 Å². The summed E-state index contributed by atoms with van der Waals surface area (Å²) in [4.78, 5) is 35.2. The molecule has 10 heteroatoms. The normalized spacial score (nSPS) is 17.2. The number of fused-ring (bicyclic) bond motifs is 1. The van der Waals surface area contributed by atoms with E-state index in [0.717, 1.165) is 16.5 Å². The lowest BCUT2D eigenvalue weighted by Crippen LogP contribution is -2.31. The summed E-state index contributed by atoms with van der Waals surface area (Å²) in [5.41, 5.74) is 2.28. The first-order chi connectivity index (χ1) is 13.9. The van der Waals surface area contributed by atoms with Crippen molar-refractivity contribution in [1.82, 2.24) is 30.9 Å². The van der Waals surface area contributed by atoms with Crippen LogP contribution in [0.5, 0.6) is 0 Å². The second-order valence-electron chi connectivity index (χ2n) is 7.00. The Hall–Kier alpha value is -3.69. The van der Waals surface area contributed by atoms with Crippen molar-refractivity contribution in [2.24, 2.45) is 0 Å². The van der Waals surface area contributed by atoms with Gasteiger partial charge in [-0.3, -0.25) is 14.9 Å². The van der Waals surface area contributed by atoms with Gasteiger partial charge in [-0.15, -0.1) is 5.10 Å². The minimum atomic E-state index is -0.683. The number of amides is 4. The largest absolute Gasteiger partial charge is 0.459 e. The molecule has 2 aromatic heterocycles. The fourth-order valence-electron chi connectivity index (χ4n) is 3.43. The summed E-state index contributed by atoms with van der Waals surface area (Å²) < 4.78 is 7.27. The number of aromatic nitrogens is 3. The third-order valence-corrected chi connectivity index (χ3v) is 4.81. The molecule has 1 aromatic carbocycles. The van der Waals surface area contributed by atoms with Gasteiger partial charge in [0.25, 0.3) is 5.91 Å². The van der Waals surface area contributed by atoms with Gasteiger partial charge in [-0.1, -0.05) is 23.4 Å². The van der Waals surface area contributed by atoms with Gasteiger partial charge < -0.3 is 15.1 Å². The molecule has 3 heterocycles. The predicted octanol–water partition coefficient (Wildman–Crippen LogP) is 0.961. The number of para-hydroxylation sites is 1. The monoisotopic (exact) mass is 396 g/mol. The summed E-state index contributed by atoms with van der Waals surface area (Å²) in [6, 6.07) is 6.21. The highest BCUT2D eigenvalue weighted by atomic mass is 16.3. The summed E-state index contributed by atoms with van der Waals surface area (Å²) in [5.74, 6) is 0.0554. The van der Waals surface area contributed by atoms with Crippen molar-refractivity contribution in [2.75, 3.05) is 0 Å². The predicted molar refractivity (Wildman–Crippen MR) is 102 cm³/mol. The van der Waals surface area contributed by atoms with Crippen LogP contribution in [0.25, 0.3) is 11.0 Å². The number of nitrogens with one attached hydrogen (secondary N) is 3. The Labute approximate surface area is 165 Å². The minimum Gasteiger partial charge on any atom is -0.459 e. The quantitative estimate of drug-likeness (QED) is 0.532. The van der Waals surface area contributed by atoms with Crippen molar-refractivity contribution < 1.29 is 18.8 Å². The third-order valence-electron chi connectivity index (χ3n) is 4.81. The summed E-state index contributed by atoms with van der Waals surface area (Å²) in [6.45, 7) is 3.79. The molecule has 0 aliphatic carbocycles. The lowest BCUT2D eigenvalue weighted by molar-refractivity contribution is -0.122. The molecule has 1 aliphatic rings. The number of hydrogen-bond acceptors (Lipinski definition) is 6. The number of furan rings is 1. The minimum absolute atomic E-state index is 0.0279. The highest BCUT2D eigenvalue weighted by molar-refractivity contribution is 6.04. The molecule has 1 aliphatic heterocycles. The number of carbonyl (C=O) groups is 3. The van der Waals surface area contributed by atoms with Gasteiger partial charge in [0.1, 0.15) is 23.9 Å². The maximum atomic E-state index is 12.4. The first kappa shape index (κ1) is 18.7. The van der Waals surface area contributed by atoms with Crippen LogP contribution in [0.3, 0.4) is 0 Å². The molecule has 150 valence electrons. The molecule has 0 spiro atoms. The summed E-state index contributed by atoms with van der Waals surface area (Å²) in [6.07, 6.45) is 1.78. The fourth-order valence-corrected chi connectivity index (χ4v) is 3.43. The van der Waals surface area contributed by atoms with E-state index in [1.54, 1.807) is 6.20 Å². The fraction of sp³-hybridized carbons (Fsp3) is 0.316. The molecule has 2 atom stereocenters. The van der Waals surface area contributed by atoms with E-state index in [2.05, 4.69) is 26.3 Å². The van der Waals surface area contributed by atoms with Crippen LogP contribution in [0.4, 0.5) is 4.79 Å². The second-order valence-corrected chi connectivity index (χ2v) is 7.00. The van der Waals surface area contributed by atoms with Gasteiger partial charge in [-0.05, 0) is 19.9 Å². The summed E-state index contributed by atoms with van der Waals surface area (Å²) in [7, 11) is 0. The second kappa shape index (κ2) is 7.38. The molecule has 1 fully saturated rings. The zero-order valence-corrected chi connectivity index (χ0v) is 15.9. The zero-order valence-electron chi connectivity index (χ0n) is 15.9. The van der Waals surface area contributed by atoms with E-state index in [0.29, 0.717) is 11.5 Å². The van der Waals surface area contributed by atoms with Gasteiger partial charge >= 0.3 is 6.03 Å². The molecule has 2 unspecified atom stereocenters. The Morgan fingerprint density at radius 1 is 1.34 bits per heavy atom. The van der Waals surface area contributed by atoms with Gasteiger partial charge in [0, 0.05) is 23.6 Å². The molecule has 4 amide bonds. The molecule has 0 saturated carbocycles. The van der Waals surface area contributed by atoms with Crippen LogP contribution in [-0.2, 0) is 22.6 Å². The first-order valence-corrected chi connectivity index (χ1v) is 9.18. The SMILES string of the molecule is Cc1c(C(C)NC(=O)Cn2cc(CC3NC(=O)NC3=O)nn2)oc2ccccc12. The molecule has 10 nitrogen and oxygen atoms in total. The van der Waals surface area contributed by atoms with Crippen molar-refractivity contribution in [1.29, 1.82) is 0 Å². The number of rotatable bonds is 6. The lowest BCUT2D eigenvalue weighted by atomic mass is 10.1. The highest BCUT2D eigenvalue weighted by Gasteiger charge is 2.30. The van der Waals surface area contributed by atoms with E-state index in [1.165, 1.54) is 4.68 Å².